The number of amides is 1. The number of rotatable bonds is 2. The van der Waals surface area contributed by atoms with Crippen LogP contribution in [0.5, 0.6) is 5.75 Å². The van der Waals surface area contributed by atoms with E-state index in [-0.39, 0.29) is 17.0 Å². The van der Waals surface area contributed by atoms with Gasteiger partial charge in [-0.25, -0.2) is 4.39 Å². The molecule has 0 aliphatic heterocycles. The number of carbonyl (C=O) groups is 1. The van der Waals surface area contributed by atoms with E-state index in [0.717, 1.165) is 0 Å². The summed E-state index contributed by atoms with van der Waals surface area (Å²) in [7, 11) is 0. The number of anilines is 2. The summed E-state index contributed by atoms with van der Waals surface area (Å²) in [5, 5.41) is 12.2. The molecule has 0 spiro atoms. The third-order valence-electron chi connectivity index (χ3n) is 2.72. The molecule has 0 aliphatic carbocycles. The second kappa shape index (κ2) is 4.97. The first kappa shape index (κ1) is 12.9. The van der Waals surface area contributed by atoms with Gasteiger partial charge in [0.15, 0.2) is 0 Å². The molecule has 19 heavy (non-hydrogen) atoms. The van der Waals surface area contributed by atoms with Gasteiger partial charge in [0.2, 0.25) is 0 Å². The lowest BCUT2D eigenvalue weighted by Crippen LogP contribution is -2.13. The summed E-state index contributed by atoms with van der Waals surface area (Å²) >= 11 is 0. The molecule has 2 rings (SSSR count). The molecule has 1 amide bonds. The SMILES string of the molecule is Cc1cccc(C(=O)Nc2cc(N)ccc2F)c1O. The smallest absolute Gasteiger partial charge is 0.259 e. The first-order valence-corrected chi connectivity index (χ1v) is 5.64. The lowest BCUT2D eigenvalue weighted by molar-refractivity contribution is 0.102. The van der Waals surface area contributed by atoms with E-state index in [9.17, 15) is 14.3 Å². The monoisotopic (exact) mass is 260 g/mol. The molecule has 2 aromatic rings. The average molecular weight is 260 g/mol. The summed E-state index contributed by atoms with van der Waals surface area (Å²) in [4.78, 5) is 12.0. The Labute approximate surface area is 109 Å². The standard InChI is InChI=1S/C14H13FN2O2/c1-8-3-2-4-10(13(8)18)14(19)17-12-7-9(16)5-6-11(12)15/h2-7,18H,16H2,1H3,(H,17,19). The minimum Gasteiger partial charge on any atom is -0.507 e. The maximum absolute atomic E-state index is 13.5. The van der Waals surface area contributed by atoms with Crippen LogP contribution in [0.15, 0.2) is 36.4 Å². The van der Waals surface area contributed by atoms with Gasteiger partial charge in [-0.15, -0.1) is 0 Å². The summed E-state index contributed by atoms with van der Waals surface area (Å²) < 4.78 is 13.5. The zero-order valence-corrected chi connectivity index (χ0v) is 10.3. The fraction of sp³-hybridized carbons (Fsp3) is 0.0714. The summed E-state index contributed by atoms with van der Waals surface area (Å²) in [5.41, 5.74) is 6.50. The quantitative estimate of drug-likeness (QED) is 0.727. The number of nitrogen functional groups attached to an aromatic ring is 1. The first-order valence-electron chi connectivity index (χ1n) is 5.64. The third kappa shape index (κ3) is 2.65. The summed E-state index contributed by atoms with van der Waals surface area (Å²) in [5.74, 6) is -1.30. The molecule has 0 atom stereocenters. The van der Waals surface area contributed by atoms with Crippen molar-refractivity contribution in [2.45, 2.75) is 6.92 Å². The van der Waals surface area contributed by atoms with Crippen LogP contribution in [0.3, 0.4) is 0 Å². The summed E-state index contributed by atoms with van der Waals surface area (Å²) in [6.45, 7) is 1.67. The van der Waals surface area contributed by atoms with Gasteiger partial charge in [0.05, 0.1) is 11.3 Å². The molecule has 2 aromatic carbocycles. The second-order valence-corrected chi connectivity index (χ2v) is 4.16. The Bertz CT molecular complexity index is 641. The van der Waals surface area contributed by atoms with E-state index in [2.05, 4.69) is 5.32 Å². The minimum atomic E-state index is -0.592. The van der Waals surface area contributed by atoms with Crippen LogP contribution in [0.1, 0.15) is 15.9 Å². The van der Waals surface area contributed by atoms with E-state index in [4.69, 9.17) is 5.73 Å². The number of nitrogens with one attached hydrogen (secondary N) is 1. The third-order valence-corrected chi connectivity index (χ3v) is 2.72. The predicted molar refractivity (Wildman–Crippen MR) is 71.6 cm³/mol. The Balaban J connectivity index is 2.31. The van der Waals surface area contributed by atoms with E-state index in [0.29, 0.717) is 11.3 Å². The molecule has 0 aromatic heterocycles. The fourth-order valence-electron chi connectivity index (χ4n) is 1.67. The molecule has 0 saturated heterocycles. The second-order valence-electron chi connectivity index (χ2n) is 4.16. The highest BCUT2D eigenvalue weighted by Gasteiger charge is 2.14. The molecule has 0 saturated carbocycles. The van der Waals surface area contributed by atoms with Crippen molar-refractivity contribution >= 4 is 17.3 Å². The zero-order chi connectivity index (χ0) is 14.0. The van der Waals surface area contributed by atoms with Gasteiger partial charge in [-0.05, 0) is 36.8 Å². The van der Waals surface area contributed by atoms with E-state index in [1.165, 1.54) is 24.3 Å². The number of aromatic hydroxyl groups is 1. The molecule has 4 nitrogen and oxygen atoms in total. The molecule has 0 bridgehead atoms. The van der Waals surface area contributed by atoms with Gasteiger partial charge in [-0.1, -0.05) is 12.1 Å². The highest BCUT2D eigenvalue weighted by atomic mass is 19.1. The van der Waals surface area contributed by atoms with Gasteiger partial charge >= 0.3 is 0 Å². The minimum absolute atomic E-state index is 0.0223. The number of aryl methyl sites for hydroxylation is 1. The van der Waals surface area contributed by atoms with Crippen molar-refractivity contribution < 1.29 is 14.3 Å². The molecule has 0 heterocycles. The van der Waals surface area contributed by atoms with Gasteiger partial charge in [0.1, 0.15) is 11.6 Å². The highest BCUT2D eigenvalue weighted by molar-refractivity contribution is 6.06. The van der Waals surface area contributed by atoms with Crippen molar-refractivity contribution in [3.63, 3.8) is 0 Å². The Kier molecular flexibility index (Phi) is 3.37. The van der Waals surface area contributed by atoms with Crippen LogP contribution in [0.2, 0.25) is 0 Å². The molecule has 0 aliphatic rings. The van der Waals surface area contributed by atoms with E-state index in [1.54, 1.807) is 19.1 Å². The van der Waals surface area contributed by atoms with Crippen molar-refractivity contribution in [3.8, 4) is 5.75 Å². The Morgan fingerprint density at radius 3 is 2.79 bits per heavy atom. The number of nitrogens with two attached hydrogens (primary N) is 1. The fourth-order valence-corrected chi connectivity index (χ4v) is 1.67. The van der Waals surface area contributed by atoms with Crippen molar-refractivity contribution in [1.82, 2.24) is 0 Å². The maximum atomic E-state index is 13.5. The number of hydrogen-bond acceptors (Lipinski definition) is 3. The Morgan fingerprint density at radius 2 is 2.05 bits per heavy atom. The molecule has 5 heteroatoms. The van der Waals surface area contributed by atoms with Crippen molar-refractivity contribution in [2.75, 3.05) is 11.1 Å². The van der Waals surface area contributed by atoms with Crippen LogP contribution in [0.4, 0.5) is 15.8 Å². The number of hydrogen-bond donors (Lipinski definition) is 3. The summed E-state index contributed by atoms with van der Waals surface area (Å²) in [6.07, 6.45) is 0. The van der Waals surface area contributed by atoms with Crippen LogP contribution in [0.25, 0.3) is 0 Å². The van der Waals surface area contributed by atoms with E-state index < -0.39 is 11.7 Å². The van der Waals surface area contributed by atoms with Crippen LogP contribution >= 0.6 is 0 Å². The maximum Gasteiger partial charge on any atom is 0.259 e. The van der Waals surface area contributed by atoms with Crippen LogP contribution < -0.4 is 11.1 Å². The number of halogens is 1. The van der Waals surface area contributed by atoms with Crippen LogP contribution in [-0.4, -0.2) is 11.0 Å². The number of phenols is 1. The molecule has 98 valence electrons. The lowest BCUT2D eigenvalue weighted by Gasteiger charge is -2.09. The largest absolute Gasteiger partial charge is 0.507 e. The van der Waals surface area contributed by atoms with Gasteiger partial charge in [0.25, 0.3) is 5.91 Å². The van der Waals surface area contributed by atoms with E-state index >= 15 is 0 Å². The van der Waals surface area contributed by atoms with Gasteiger partial charge < -0.3 is 16.2 Å². The Morgan fingerprint density at radius 1 is 1.32 bits per heavy atom. The molecule has 0 radical (unpaired) electrons. The van der Waals surface area contributed by atoms with Gasteiger partial charge in [-0.3, -0.25) is 4.79 Å². The average Bonchev–Trinajstić information content (AvgIpc) is 2.37. The predicted octanol–water partition coefficient (Wildman–Crippen LogP) is 2.67. The topological polar surface area (TPSA) is 75.4 Å². The molecular weight excluding hydrogens is 247 g/mol. The molecule has 4 N–H and O–H groups in total. The van der Waals surface area contributed by atoms with Crippen molar-refractivity contribution in [3.05, 3.63) is 53.3 Å². The van der Waals surface area contributed by atoms with Crippen LogP contribution in [-0.2, 0) is 0 Å². The highest BCUT2D eigenvalue weighted by Crippen LogP contribution is 2.24. The molecular formula is C14H13FN2O2. The van der Waals surface area contributed by atoms with Crippen molar-refractivity contribution in [2.24, 2.45) is 0 Å². The van der Waals surface area contributed by atoms with Crippen molar-refractivity contribution in [1.29, 1.82) is 0 Å². The van der Waals surface area contributed by atoms with Crippen LogP contribution in [0, 0.1) is 12.7 Å². The number of para-hydroxylation sites is 1. The van der Waals surface area contributed by atoms with E-state index in [1.807, 2.05) is 0 Å². The normalized spacial score (nSPS) is 10.2. The van der Waals surface area contributed by atoms with Gasteiger partial charge in [0, 0.05) is 5.69 Å². The molecule has 0 unspecified atom stereocenters. The number of benzene rings is 2. The summed E-state index contributed by atoms with van der Waals surface area (Å²) in [6, 6.07) is 8.66. The Hall–Kier alpha value is -2.56. The zero-order valence-electron chi connectivity index (χ0n) is 10.3. The number of carbonyl (C=O) groups excluding carboxylic acids is 1. The lowest BCUT2D eigenvalue weighted by atomic mass is 10.1. The molecule has 0 fully saturated rings. The number of phenolic OH excluding ortho intramolecular Hbond substituents is 1. The first-order chi connectivity index (χ1) is 8.99. The van der Waals surface area contributed by atoms with Gasteiger partial charge in [-0.2, -0.15) is 0 Å².